The molecule has 2 rings (SSSR count). The van der Waals surface area contributed by atoms with Gasteiger partial charge in [0.1, 0.15) is 11.6 Å². The lowest BCUT2D eigenvalue weighted by atomic mass is 10.1. The number of ether oxygens (including phenoxy) is 3. The number of nitrogens with one attached hydrogen (secondary N) is 2. The number of esters is 2. The summed E-state index contributed by atoms with van der Waals surface area (Å²) < 4.78 is 15.5. The van der Waals surface area contributed by atoms with Gasteiger partial charge in [0.25, 0.3) is 0 Å². The molecule has 1 heterocycles. The Morgan fingerprint density at radius 1 is 1.17 bits per heavy atom. The third-order valence-corrected chi connectivity index (χ3v) is 4.30. The largest absolute Gasteiger partial charge is 0.467 e. The molecule has 0 saturated carbocycles. The van der Waals surface area contributed by atoms with Crippen LogP contribution in [0.5, 0.6) is 0 Å². The zero-order valence-corrected chi connectivity index (χ0v) is 18.2. The number of hydrogen-bond donors (Lipinski definition) is 2. The van der Waals surface area contributed by atoms with Crippen molar-refractivity contribution < 1.29 is 28.6 Å². The van der Waals surface area contributed by atoms with Crippen molar-refractivity contribution in [1.82, 2.24) is 10.3 Å². The standard InChI is InChI=1S/C22H30N2O6/c1-6-7-12-29-20(26)18-14-10-8-9-11-15(14)23-16(18)13-17(19(25)28-5)24-21(27)30-22(2,3)4/h8-11,17,23H,6-7,12-13H2,1-5H3,(H,24,27). The highest BCUT2D eigenvalue weighted by atomic mass is 16.6. The van der Waals surface area contributed by atoms with Gasteiger partial charge in [-0.15, -0.1) is 0 Å². The van der Waals surface area contributed by atoms with Crippen LogP contribution < -0.4 is 5.32 Å². The average molecular weight is 418 g/mol. The molecule has 2 aromatic rings. The highest BCUT2D eigenvalue weighted by Gasteiger charge is 2.29. The highest BCUT2D eigenvalue weighted by molar-refractivity contribution is 6.05. The molecule has 30 heavy (non-hydrogen) atoms. The summed E-state index contributed by atoms with van der Waals surface area (Å²) >= 11 is 0. The summed E-state index contributed by atoms with van der Waals surface area (Å²) in [6.45, 7) is 7.49. The van der Waals surface area contributed by atoms with E-state index in [0.29, 0.717) is 23.3 Å². The normalized spacial score (nSPS) is 12.3. The number of aromatic amines is 1. The van der Waals surface area contributed by atoms with Crippen molar-refractivity contribution >= 4 is 28.9 Å². The van der Waals surface area contributed by atoms with E-state index in [0.717, 1.165) is 18.4 Å². The van der Waals surface area contributed by atoms with E-state index in [1.165, 1.54) is 7.11 Å². The number of carbonyl (C=O) groups is 3. The summed E-state index contributed by atoms with van der Waals surface area (Å²) in [7, 11) is 1.23. The molecular weight excluding hydrogens is 388 g/mol. The molecule has 8 nitrogen and oxygen atoms in total. The zero-order chi connectivity index (χ0) is 22.3. The Hall–Kier alpha value is -3.03. The van der Waals surface area contributed by atoms with E-state index in [1.54, 1.807) is 26.8 Å². The molecule has 0 aliphatic carbocycles. The molecule has 0 radical (unpaired) electrons. The molecular formula is C22H30N2O6. The molecule has 1 amide bonds. The molecule has 0 spiro atoms. The summed E-state index contributed by atoms with van der Waals surface area (Å²) in [6.07, 6.45) is 0.923. The lowest BCUT2D eigenvalue weighted by Gasteiger charge is -2.22. The number of para-hydroxylation sites is 1. The maximum absolute atomic E-state index is 12.8. The van der Waals surface area contributed by atoms with E-state index in [-0.39, 0.29) is 6.42 Å². The molecule has 0 saturated heterocycles. The fourth-order valence-electron chi connectivity index (χ4n) is 2.95. The van der Waals surface area contributed by atoms with Gasteiger partial charge in [-0.05, 0) is 33.3 Å². The maximum atomic E-state index is 12.8. The van der Waals surface area contributed by atoms with Crippen molar-refractivity contribution in [2.45, 2.75) is 58.6 Å². The van der Waals surface area contributed by atoms with Gasteiger partial charge in [-0.2, -0.15) is 0 Å². The first-order valence-electron chi connectivity index (χ1n) is 10.00. The van der Waals surface area contributed by atoms with Gasteiger partial charge in [0.05, 0.1) is 19.3 Å². The van der Waals surface area contributed by atoms with Gasteiger partial charge in [0, 0.05) is 23.0 Å². The molecule has 0 fully saturated rings. The summed E-state index contributed by atoms with van der Waals surface area (Å²) in [5.41, 5.74) is 0.835. The molecule has 1 aromatic heterocycles. The number of aromatic nitrogens is 1. The van der Waals surface area contributed by atoms with Crippen LogP contribution in [0.1, 0.15) is 56.6 Å². The number of methoxy groups -OCH3 is 1. The quantitative estimate of drug-likeness (QED) is 0.384. The minimum absolute atomic E-state index is 0.0127. The van der Waals surface area contributed by atoms with Crippen LogP contribution >= 0.6 is 0 Å². The third kappa shape index (κ3) is 6.23. The third-order valence-electron chi connectivity index (χ3n) is 4.30. The first kappa shape index (κ1) is 23.3. The Bertz CT molecular complexity index is 897. The van der Waals surface area contributed by atoms with Gasteiger partial charge in [0.15, 0.2) is 0 Å². The number of H-pyrrole nitrogens is 1. The van der Waals surface area contributed by atoms with Gasteiger partial charge in [-0.25, -0.2) is 14.4 Å². The molecule has 1 unspecified atom stereocenters. The van der Waals surface area contributed by atoms with Crippen LogP contribution in [0.15, 0.2) is 24.3 Å². The second-order valence-electron chi connectivity index (χ2n) is 7.94. The van der Waals surface area contributed by atoms with Crippen molar-refractivity contribution in [3.05, 3.63) is 35.5 Å². The van der Waals surface area contributed by atoms with Crippen LogP contribution in [0.4, 0.5) is 4.79 Å². The van der Waals surface area contributed by atoms with Crippen molar-refractivity contribution in [2.24, 2.45) is 0 Å². The van der Waals surface area contributed by atoms with Crippen LogP contribution in [0, 0.1) is 0 Å². The number of unbranched alkanes of at least 4 members (excludes halogenated alkanes) is 1. The number of fused-ring (bicyclic) bond motifs is 1. The summed E-state index contributed by atoms with van der Waals surface area (Å²) in [6, 6.07) is 6.25. The molecule has 2 N–H and O–H groups in total. The van der Waals surface area contributed by atoms with Crippen molar-refractivity contribution in [3.8, 4) is 0 Å². The van der Waals surface area contributed by atoms with Gasteiger partial charge in [0.2, 0.25) is 0 Å². The van der Waals surface area contributed by atoms with Crippen LogP contribution in [-0.4, -0.2) is 48.4 Å². The SMILES string of the molecule is CCCCOC(=O)c1c(CC(NC(=O)OC(C)(C)C)C(=O)OC)[nH]c2ccccc12. The van der Waals surface area contributed by atoms with E-state index >= 15 is 0 Å². The van der Waals surface area contributed by atoms with E-state index < -0.39 is 29.7 Å². The van der Waals surface area contributed by atoms with Gasteiger partial charge < -0.3 is 24.5 Å². The fourth-order valence-corrected chi connectivity index (χ4v) is 2.95. The Kier molecular flexibility index (Phi) is 7.86. The number of carbonyl (C=O) groups excluding carboxylic acids is 3. The Morgan fingerprint density at radius 3 is 2.50 bits per heavy atom. The van der Waals surface area contributed by atoms with Crippen LogP contribution in [0.25, 0.3) is 10.9 Å². The van der Waals surface area contributed by atoms with E-state index in [4.69, 9.17) is 14.2 Å². The number of amides is 1. The second kappa shape index (κ2) is 10.1. The minimum atomic E-state index is -1.04. The van der Waals surface area contributed by atoms with Gasteiger partial charge >= 0.3 is 18.0 Å². The Morgan fingerprint density at radius 2 is 1.87 bits per heavy atom. The molecule has 0 aliphatic heterocycles. The number of hydrogen-bond acceptors (Lipinski definition) is 6. The number of benzene rings is 1. The topological polar surface area (TPSA) is 107 Å². The monoisotopic (exact) mass is 418 g/mol. The van der Waals surface area contributed by atoms with Crippen molar-refractivity contribution in [3.63, 3.8) is 0 Å². The number of alkyl carbamates (subject to hydrolysis) is 1. The van der Waals surface area contributed by atoms with Crippen LogP contribution in [-0.2, 0) is 25.4 Å². The zero-order valence-electron chi connectivity index (χ0n) is 18.2. The average Bonchev–Trinajstić information content (AvgIpc) is 3.03. The van der Waals surface area contributed by atoms with Gasteiger partial charge in [-0.3, -0.25) is 0 Å². The Balaban J connectivity index is 2.33. The second-order valence-corrected chi connectivity index (χ2v) is 7.94. The van der Waals surface area contributed by atoms with E-state index in [9.17, 15) is 14.4 Å². The van der Waals surface area contributed by atoms with Crippen LogP contribution in [0.2, 0.25) is 0 Å². The first-order valence-corrected chi connectivity index (χ1v) is 10.00. The summed E-state index contributed by atoms with van der Waals surface area (Å²) in [5.74, 6) is -1.12. The molecule has 8 heteroatoms. The lowest BCUT2D eigenvalue weighted by molar-refractivity contribution is -0.143. The fraction of sp³-hybridized carbons (Fsp3) is 0.500. The smallest absolute Gasteiger partial charge is 0.408 e. The van der Waals surface area contributed by atoms with Gasteiger partial charge in [-0.1, -0.05) is 31.5 Å². The molecule has 0 bridgehead atoms. The highest BCUT2D eigenvalue weighted by Crippen LogP contribution is 2.25. The first-order chi connectivity index (χ1) is 14.2. The molecule has 0 aliphatic rings. The van der Waals surface area contributed by atoms with Crippen LogP contribution in [0.3, 0.4) is 0 Å². The van der Waals surface area contributed by atoms with E-state index in [2.05, 4.69) is 10.3 Å². The summed E-state index contributed by atoms with van der Waals surface area (Å²) in [5, 5.41) is 3.22. The molecule has 1 atom stereocenters. The maximum Gasteiger partial charge on any atom is 0.408 e. The van der Waals surface area contributed by atoms with Crippen molar-refractivity contribution in [2.75, 3.05) is 13.7 Å². The number of rotatable bonds is 8. The summed E-state index contributed by atoms with van der Waals surface area (Å²) in [4.78, 5) is 40.4. The predicted molar refractivity (Wildman–Crippen MR) is 112 cm³/mol. The molecule has 164 valence electrons. The lowest BCUT2D eigenvalue weighted by Crippen LogP contribution is -2.45. The van der Waals surface area contributed by atoms with Crippen molar-refractivity contribution in [1.29, 1.82) is 0 Å². The predicted octanol–water partition coefficient (Wildman–Crippen LogP) is 3.73. The minimum Gasteiger partial charge on any atom is -0.467 e. The molecule has 1 aromatic carbocycles. The van der Waals surface area contributed by atoms with E-state index in [1.807, 2.05) is 25.1 Å². The Labute approximate surface area is 176 Å².